The number of Topliss-reactive ketones (excluding diaryl/α,β-unsaturated/α-hetero) is 1. The summed E-state index contributed by atoms with van der Waals surface area (Å²) in [5.74, 6) is -0.169. The van der Waals surface area contributed by atoms with E-state index in [4.69, 9.17) is 9.15 Å². The van der Waals surface area contributed by atoms with Crippen molar-refractivity contribution >= 4 is 23.5 Å². The molecule has 27 heavy (non-hydrogen) atoms. The number of nitrogens with one attached hydrogen (secondary N) is 1. The van der Waals surface area contributed by atoms with Crippen molar-refractivity contribution in [2.24, 2.45) is 0 Å². The van der Waals surface area contributed by atoms with E-state index in [1.54, 1.807) is 39.2 Å². The Kier molecular flexibility index (Phi) is 5.70. The van der Waals surface area contributed by atoms with Crippen molar-refractivity contribution in [2.45, 2.75) is 26.0 Å². The quantitative estimate of drug-likeness (QED) is 0.374. The number of aromatic amines is 1. The molecule has 0 aliphatic carbocycles. The van der Waals surface area contributed by atoms with Crippen molar-refractivity contribution in [3.8, 4) is 11.5 Å². The number of hydrogen-bond acceptors (Lipinski definition) is 8. The number of pyridine rings is 1. The maximum absolute atomic E-state index is 12.6. The second kappa shape index (κ2) is 8.17. The van der Waals surface area contributed by atoms with Gasteiger partial charge in [-0.25, -0.2) is 4.79 Å². The summed E-state index contributed by atoms with van der Waals surface area (Å²) in [5.41, 5.74) is 2.68. The second-order valence-electron chi connectivity index (χ2n) is 5.67. The van der Waals surface area contributed by atoms with Gasteiger partial charge in [-0.1, -0.05) is 11.8 Å². The van der Waals surface area contributed by atoms with Crippen LogP contribution in [0.5, 0.6) is 0 Å². The number of nitrogens with zero attached hydrogens (tertiary/aromatic N) is 3. The predicted octanol–water partition coefficient (Wildman–Crippen LogP) is 3.23. The molecule has 0 fully saturated rings. The molecular weight excluding hydrogens is 368 g/mol. The third kappa shape index (κ3) is 4.08. The average molecular weight is 386 g/mol. The number of aryl methyl sites for hydroxylation is 1. The van der Waals surface area contributed by atoms with Crippen molar-refractivity contribution in [2.75, 3.05) is 12.4 Å². The van der Waals surface area contributed by atoms with Crippen LogP contribution in [-0.2, 0) is 4.74 Å². The summed E-state index contributed by atoms with van der Waals surface area (Å²) >= 11 is 1.13. The van der Waals surface area contributed by atoms with Crippen LogP contribution in [0.25, 0.3) is 11.5 Å². The predicted molar refractivity (Wildman–Crippen MR) is 98.8 cm³/mol. The largest absolute Gasteiger partial charge is 0.462 e. The van der Waals surface area contributed by atoms with Crippen LogP contribution < -0.4 is 0 Å². The van der Waals surface area contributed by atoms with E-state index in [1.165, 1.54) is 0 Å². The number of ether oxygens (including phenoxy) is 1. The topological polar surface area (TPSA) is 111 Å². The minimum Gasteiger partial charge on any atom is -0.462 e. The van der Waals surface area contributed by atoms with Crippen LogP contribution in [0.2, 0.25) is 0 Å². The van der Waals surface area contributed by atoms with Crippen molar-refractivity contribution in [1.82, 2.24) is 20.2 Å². The molecule has 0 saturated carbocycles. The number of esters is 1. The molecule has 3 aromatic rings. The lowest BCUT2D eigenvalue weighted by atomic mass is 10.1. The van der Waals surface area contributed by atoms with Crippen LogP contribution in [0.15, 0.2) is 34.2 Å². The van der Waals surface area contributed by atoms with Gasteiger partial charge in [-0.15, -0.1) is 10.2 Å². The van der Waals surface area contributed by atoms with E-state index in [0.29, 0.717) is 34.0 Å². The molecule has 0 aliphatic heterocycles. The maximum atomic E-state index is 12.6. The van der Waals surface area contributed by atoms with E-state index >= 15 is 0 Å². The number of aromatic nitrogens is 4. The zero-order valence-corrected chi connectivity index (χ0v) is 15.9. The molecule has 3 rings (SSSR count). The first kappa shape index (κ1) is 18.8. The number of rotatable bonds is 7. The van der Waals surface area contributed by atoms with Crippen molar-refractivity contribution in [1.29, 1.82) is 0 Å². The molecule has 0 bridgehead atoms. The molecule has 0 atom stereocenters. The first-order valence-electron chi connectivity index (χ1n) is 8.27. The number of thioether (sulfide) groups is 1. The van der Waals surface area contributed by atoms with Crippen LogP contribution in [0.1, 0.15) is 39.0 Å². The minimum atomic E-state index is -0.437. The van der Waals surface area contributed by atoms with Crippen molar-refractivity contribution in [3.05, 3.63) is 47.0 Å². The summed E-state index contributed by atoms with van der Waals surface area (Å²) in [7, 11) is 0. The van der Waals surface area contributed by atoms with Crippen LogP contribution in [0.3, 0.4) is 0 Å². The lowest BCUT2D eigenvalue weighted by Crippen LogP contribution is -2.08. The van der Waals surface area contributed by atoms with Crippen LogP contribution in [-0.4, -0.2) is 44.3 Å². The van der Waals surface area contributed by atoms with Crippen molar-refractivity contribution in [3.63, 3.8) is 0 Å². The Bertz CT molecular complexity index is 965. The summed E-state index contributed by atoms with van der Waals surface area (Å²) in [5, 5.41) is 8.18. The highest BCUT2D eigenvalue weighted by Gasteiger charge is 2.23. The fourth-order valence-corrected chi connectivity index (χ4v) is 3.25. The molecule has 3 heterocycles. The molecule has 0 aliphatic rings. The van der Waals surface area contributed by atoms with Gasteiger partial charge in [0.05, 0.1) is 29.2 Å². The van der Waals surface area contributed by atoms with Crippen LogP contribution in [0.4, 0.5) is 0 Å². The summed E-state index contributed by atoms with van der Waals surface area (Å²) in [6.45, 7) is 5.47. The molecule has 0 radical (unpaired) electrons. The average Bonchev–Trinajstić information content (AvgIpc) is 3.25. The Morgan fingerprint density at radius 2 is 2.11 bits per heavy atom. The van der Waals surface area contributed by atoms with Gasteiger partial charge in [0, 0.05) is 18.1 Å². The van der Waals surface area contributed by atoms with E-state index in [0.717, 1.165) is 11.8 Å². The van der Waals surface area contributed by atoms with E-state index in [1.807, 2.05) is 6.07 Å². The van der Waals surface area contributed by atoms with Crippen LogP contribution in [0, 0.1) is 13.8 Å². The van der Waals surface area contributed by atoms with Gasteiger partial charge in [0.2, 0.25) is 5.89 Å². The fourth-order valence-electron chi connectivity index (χ4n) is 2.61. The summed E-state index contributed by atoms with van der Waals surface area (Å²) < 4.78 is 10.6. The summed E-state index contributed by atoms with van der Waals surface area (Å²) in [4.78, 5) is 31.6. The van der Waals surface area contributed by atoms with Crippen LogP contribution >= 0.6 is 11.8 Å². The molecular formula is C18H18N4O4S. The molecule has 3 aromatic heterocycles. The van der Waals surface area contributed by atoms with Gasteiger partial charge in [0.1, 0.15) is 0 Å². The fraction of sp³-hybridized carbons (Fsp3) is 0.278. The summed E-state index contributed by atoms with van der Waals surface area (Å²) in [6.07, 6.45) is 3.27. The minimum absolute atomic E-state index is 0.0950. The lowest BCUT2D eigenvalue weighted by molar-refractivity contribution is 0.0525. The smallest absolute Gasteiger partial charge is 0.340 e. The zero-order chi connectivity index (χ0) is 19.4. The molecule has 9 heteroatoms. The Hall–Kier alpha value is -2.94. The Morgan fingerprint density at radius 3 is 2.81 bits per heavy atom. The van der Waals surface area contributed by atoms with E-state index in [-0.39, 0.29) is 23.4 Å². The summed E-state index contributed by atoms with van der Waals surface area (Å²) in [6, 6.07) is 3.58. The van der Waals surface area contributed by atoms with E-state index < -0.39 is 5.97 Å². The normalized spacial score (nSPS) is 10.8. The molecule has 0 aromatic carbocycles. The highest BCUT2D eigenvalue weighted by Crippen LogP contribution is 2.25. The Morgan fingerprint density at radius 1 is 1.30 bits per heavy atom. The van der Waals surface area contributed by atoms with Gasteiger partial charge in [-0.3, -0.25) is 9.78 Å². The Balaban J connectivity index is 1.69. The standard InChI is InChI=1S/C18H18N4O4S/c1-4-25-17(24)14-10(2)15(20-11(14)3)13(23)9-27-18-22-21-16(26-18)12-6-5-7-19-8-12/h5-8,20H,4,9H2,1-3H3. The highest BCUT2D eigenvalue weighted by molar-refractivity contribution is 7.99. The monoisotopic (exact) mass is 386 g/mol. The lowest BCUT2D eigenvalue weighted by Gasteiger charge is -2.02. The maximum Gasteiger partial charge on any atom is 0.340 e. The molecule has 0 saturated heterocycles. The molecule has 0 unspecified atom stereocenters. The number of carbonyl (C=O) groups is 2. The first-order valence-corrected chi connectivity index (χ1v) is 9.26. The van der Waals surface area contributed by atoms with Gasteiger partial charge < -0.3 is 14.1 Å². The highest BCUT2D eigenvalue weighted by atomic mass is 32.2. The third-order valence-corrected chi connectivity index (χ3v) is 4.66. The number of carbonyl (C=O) groups excluding carboxylic acids is 2. The molecule has 0 amide bonds. The molecule has 0 spiro atoms. The van der Waals surface area contributed by atoms with E-state index in [9.17, 15) is 9.59 Å². The van der Waals surface area contributed by atoms with Crippen molar-refractivity contribution < 1.29 is 18.7 Å². The second-order valence-corrected chi connectivity index (χ2v) is 6.60. The number of hydrogen-bond donors (Lipinski definition) is 1. The van der Waals surface area contributed by atoms with E-state index in [2.05, 4.69) is 20.2 Å². The third-order valence-electron chi connectivity index (χ3n) is 3.84. The molecule has 140 valence electrons. The molecule has 8 nitrogen and oxygen atoms in total. The van der Waals surface area contributed by atoms with Gasteiger partial charge in [-0.2, -0.15) is 0 Å². The van der Waals surface area contributed by atoms with Gasteiger partial charge in [-0.05, 0) is 38.5 Å². The molecule has 1 N–H and O–H groups in total. The zero-order valence-electron chi connectivity index (χ0n) is 15.1. The number of H-pyrrole nitrogens is 1. The van der Waals surface area contributed by atoms with Gasteiger partial charge in [0.25, 0.3) is 5.22 Å². The van der Waals surface area contributed by atoms with Gasteiger partial charge in [0.15, 0.2) is 5.78 Å². The Labute approximate surface area is 159 Å². The SMILES string of the molecule is CCOC(=O)c1c(C)[nH]c(C(=O)CSc2nnc(-c3cccnc3)o2)c1C. The first-order chi connectivity index (χ1) is 13.0. The number of ketones is 1. The van der Waals surface area contributed by atoms with Gasteiger partial charge >= 0.3 is 5.97 Å².